The maximum Gasteiger partial charge on any atom is 0.573 e. The first-order valence-corrected chi connectivity index (χ1v) is 9.37. The van der Waals surface area contributed by atoms with Crippen molar-refractivity contribution in [2.24, 2.45) is 22.6 Å². The van der Waals surface area contributed by atoms with Crippen molar-refractivity contribution in [2.75, 3.05) is 31.5 Å². The summed E-state index contributed by atoms with van der Waals surface area (Å²) in [6.45, 7) is 8.28. The number of para-hydroxylation sites is 2. The van der Waals surface area contributed by atoms with Crippen LogP contribution in [-0.4, -0.2) is 43.4 Å². The fraction of sp³-hybridized carbons (Fsp3) is 0.632. The first kappa shape index (κ1) is 21.3. The number of ether oxygens (including phenoxy) is 1. The summed E-state index contributed by atoms with van der Waals surface area (Å²) in [6, 6.07) is 5.77. The van der Waals surface area contributed by atoms with Crippen molar-refractivity contribution in [1.82, 2.24) is 4.90 Å². The van der Waals surface area contributed by atoms with Crippen LogP contribution in [0.3, 0.4) is 0 Å². The number of nitrogens with two attached hydrogens (primary N) is 1. The van der Waals surface area contributed by atoms with E-state index in [4.69, 9.17) is 5.73 Å². The van der Waals surface area contributed by atoms with Gasteiger partial charge in [-0.1, -0.05) is 26.0 Å². The molecule has 1 aliphatic rings. The number of hydrogen-bond donors (Lipinski definition) is 2. The highest BCUT2D eigenvalue weighted by molar-refractivity contribution is 5.93. The van der Waals surface area contributed by atoms with E-state index >= 15 is 0 Å². The van der Waals surface area contributed by atoms with Crippen LogP contribution < -0.4 is 15.8 Å². The SMILES string of the molecule is CC(C)CCN1CCC(CN=C(N)Nc2ccccc2OC(F)(F)F)CC1. The molecule has 152 valence electrons. The molecule has 8 heteroatoms. The number of hydrogen-bond acceptors (Lipinski definition) is 3. The van der Waals surface area contributed by atoms with E-state index in [0.717, 1.165) is 32.5 Å². The first-order chi connectivity index (χ1) is 12.7. The third-order valence-corrected chi connectivity index (χ3v) is 4.63. The van der Waals surface area contributed by atoms with E-state index in [9.17, 15) is 13.2 Å². The van der Waals surface area contributed by atoms with Gasteiger partial charge in [0, 0.05) is 6.54 Å². The van der Waals surface area contributed by atoms with Crippen molar-refractivity contribution in [3.8, 4) is 5.75 Å². The molecule has 1 fully saturated rings. The number of aliphatic imine (C=N–C) groups is 1. The molecule has 27 heavy (non-hydrogen) atoms. The molecule has 0 radical (unpaired) electrons. The summed E-state index contributed by atoms with van der Waals surface area (Å²) in [7, 11) is 0. The average molecular weight is 386 g/mol. The van der Waals surface area contributed by atoms with Gasteiger partial charge in [0.05, 0.1) is 5.69 Å². The topological polar surface area (TPSA) is 62.9 Å². The number of likely N-dealkylation sites (tertiary alicyclic amines) is 1. The number of nitrogens with one attached hydrogen (secondary N) is 1. The monoisotopic (exact) mass is 386 g/mol. The van der Waals surface area contributed by atoms with Crippen molar-refractivity contribution in [3.63, 3.8) is 0 Å². The van der Waals surface area contributed by atoms with Crippen molar-refractivity contribution in [3.05, 3.63) is 24.3 Å². The van der Waals surface area contributed by atoms with Gasteiger partial charge in [0.1, 0.15) is 0 Å². The number of piperidine rings is 1. The van der Waals surface area contributed by atoms with E-state index in [-0.39, 0.29) is 17.4 Å². The molecule has 1 aliphatic heterocycles. The number of rotatable bonds is 7. The molecule has 2 rings (SSSR count). The van der Waals surface area contributed by atoms with Crippen molar-refractivity contribution in [2.45, 2.75) is 39.5 Å². The van der Waals surface area contributed by atoms with Crippen LogP contribution in [0.2, 0.25) is 0 Å². The van der Waals surface area contributed by atoms with E-state index in [1.165, 1.54) is 24.6 Å². The van der Waals surface area contributed by atoms with Crippen LogP contribution in [-0.2, 0) is 0 Å². The van der Waals surface area contributed by atoms with Crippen molar-refractivity contribution in [1.29, 1.82) is 0 Å². The van der Waals surface area contributed by atoms with Gasteiger partial charge in [-0.05, 0) is 62.9 Å². The quantitative estimate of drug-likeness (QED) is 0.548. The summed E-state index contributed by atoms with van der Waals surface area (Å²) in [5.74, 6) is 0.918. The normalized spacial score (nSPS) is 17.3. The van der Waals surface area contributed by atoms with Gasteiger partial charge in [-0.25, -0.2) is 0 Å². The van der Waals surface area contributed by atoms with Gasteiger partial charge >= 0.3 is 6.36 Å². The van der Waals surface area contributed by atoms with Crippen LogP contribution in [0.15, 0.2) is 29.3 Å². The van der Waals surface area contributed by atoms with E-state index in [1.807, 2.05) is 0 Å². The fourth-order valence-electron chi connectivity index (χ4n) is 3.02. The van der Waals surface area contributed by atoms with E-state index < -0.39 is 6.36 Å². The molecule has 0 atom stereocenters. The van der Waals surface area contributed by atoms with Crippen LogP contribution in [0.5, 0.6) is 5.75 Å². The summed E-state index contributed by atoms with van der Waals surface area (Å²) >= 11 is 0. The molecular formula is C19H29F3N4O. The molecular weight excluding hydrogens is 357 g/mol. The van der Waals surface area contributed by atoms with Crippen LogP contribution in [0, 0.1) is 11.8 Å². The lowest BCUT2D eigenvalue weighted by Gasteiger charge is -2.31. The Balaban J connectivity index is 1.82. The molecule has 0 bridgehead atoms. The molecule has 1 saturated heterocycles. The fourth-order valence-corrected chi connectivity index (χ4v) is 3.02. The Morgan fingerprint density at radius 3 is 2.59 bits per heavy atom. The lowest BCUT2D eigenvalue weighted by atomic mass is 9.96. The van der Waals surface area contributed by atoms with Crippen LogP contribution >= 0.6 is 0 Å². The summed E-state index contributed by atoms with van der Waals surface area (Å²) in [4.78, 5) is 6.79. The Bertz CT molecular complexity index is 611. The lowest BCUT2D eigenvalue weighted by Crippen LogP contribution is -2.36. The zero-order valence-electron chi connectivity index (χ0n) is 15.9. The summed E-state index contributed by atoms with van der Waals surface area (Å²) < 4.78 is 41.4. The Morgan fingerprint density at radius 1 is 1.30 bits per heavy atom. The van der Waals surface area contributed by atoms with Gasteiger partial charge in [0.2, 0.25) is 0 Å². The van der Waals surface area contributed by atoms with E-state index in [2.05, 4.69) is 33.8 Å². The summed E-state index contributed by atoms with van der Waals surface area (Å²) in [6.07, 6.45) is -1.43. The van der Waals surface area contributed by atoms with E-state index in [1.54, 1.807) is 6.07 Å². The molecule has 0 saturated carbocycles. The first-order valence-electron chi connectivity index (χ1n) is 9.37. The number of halogens is 3. The second-order valence-corrected chi connectivity index (χ2v) is 7.36. The van der Waals surface area contributed by atoms with Crippen LogP contribution in [0.4, 0.5) is 18.9 Å². The average Bonchev–Trinajstić information content (AvgIpc) is 2.59. The summed E-state index contributed by atoms with van der Waals surface area (Å²) in [5.41, 5.74) is 5.99. The highest BCUT2D eigenvalue weighted by Crippen LogP contribution is 2.29. The van der Waals surface area contributed by atoms with Crippen molar-refractivity contribution >= 4 is 11.6 Å². The molecule has 1 aromatic rings. The molecule has 3 N–H and O–H groups in total. The summed E-state index contributed by atoms with van der Waals surface area (Å²) in [5, 5.41) is 2.71. The lowest BCUT2D eigenvalue weighted by molar-refractivity contribution is -0.274. The minimum atomic E-state index is -4.76. The number of anilines is 1. The zero-order valence-corrected chi connectivity index (χ0v) is 15.9. The Labute approximate surface area is 158 Å². The number of benzene rings is 1. The largest absolute Gasteiger partial charge is 0.573 e. The molecule has 5 nitrogen and oxygen atoms in total. The van der Waals surface area contributed by atoms with Gasteiger partial charge in [0.25, 0.3) is 0 Å². The molecule has 0 unspecified atom stereocenters. The molecule has 0 spiro atoms. The predicted molar refractivity (Wildman–Crippen MR) is 102 cm³/mol. The second-order valence-electron chi connectivity index (χ2n) is 7.36. The van der Waals surface area contributed by atoms with Gasteiger partial charge < -0.3 is 20.7 Å². The Morgan fingerprint density at radius 2 is 1.96 bits per heavy atom. The number of nitrogens with zero attached hydrogens (tertiary/aromatic N) is 2. The molecule has 1 aromatic carbocycles. The second kappa shape index (κ2) is 9.82. The van der Waals surface area contributed by atoms with Gasteiger partial charge in [-0.2, -0.15) is 0 Å². The Hall–Kier alpha value is -1.96. The van der Waals surface area contributed by atoms with Gasteiger partial charge in [0.15, 0.2) is 11.7 Å². The number of alkyl halides is 3. The van der Waals surface area contributed by atoms with Crippen LogP contribution in [0.25, 0.3) is 0 Å². The third-order valence-electron chi connectivity index (χ3n) is 4.63. The molecule has 0 aliphatic carbocycles. The Kier molecular flexibility index (Phi) is 7.77. The van der Waals surface area contributed by atoms with Crippen LogP contribution in [0.1, 0.15) is 33.1 Å². The molecule has 0 amide bonds. The minimum Gasteiger partial charge on any atom is -0.404 e. The third kappa shape index (κ3) is 8.07. The highest BCUT2D eigenvalue weighted by Gasteiger charge is 2.32. The molecule has 1 heterocycles. The minimum absolute atomic E-state index is 0.0930. The zero-order chi connectivity index (χ0) is 19.9. The van der Waals surface area contributed by atoms with Gasteiger partial charge in [-0.3, -0.25) is 4.99 Å². The van der Waals surface area contributed by atoms with E-state index in [0.29, 0.717) is 18.4 Å². The standard InChI is InChI=1S/C19H29F3N4O/c1-14(2)7-10-26-11-8-15(9-12-26)13-24-18(23)25-16-5-3-4-6-17(16)27-19(20,21)22/h3-6,14-15H,7-13H2,1-2H3,(H3,23,24,25). The smallest absolute Gasteiger partial charge is 0.404 e. The van der Waals surface area contributed by atoms with Gasteiger partial charge in [-0.15, -0.1) is 13.2 Å². The maximum absolute atomic E-state index is 12.5. The predicted octanol–water partition coefficient (Wildman–Crippen LogP) is 4.07. The maximum atomic E-state index is 12.5. The number of guanidine groups is 1. The highest BCUT2D eigenvalue weighted by atomic mass is 19.4. The molecule has 0 aromatic heterocycles. The van der Waals surface area contributed by atoms with Crippen molar-refractivity contribution < 1.29 is 17.9 Å².